The van der Waals surface area contributed by atoms with Crippen molar-refractivity contribution >= 4 is 42.4 Å². The third-order valence-corrected chi connectivity index (χ3v) is 5.30. The Morgan fingerprint density at radius 1 is 1.28 bits per heavy atom. The van der Waals surface area contributed by atoms with E-state index in [1.807, 2.05) is 6.92 Å². The van der Waals surface area contributed by atoms with E-state index < -0.39 is 10.0 Å². The van der Waals surface area contributed by atoms with Gasteiger partial charge in [-0.05, 0) is 37.6 Å². The highest BCUT2D eigenvalue weighted by Crippen LogP contribution is 2.23. The Hall–Kier alpha value is -0.990. The predicted octanol–water partition coefficient (Wildman–Crippen LogP) is 2.72. The van der Waals surface area contributed by atoms with E-state index in [1.54, 1.807) is 19.1 Å². The molecule has 2 aromatic rings. The molecule has 1 aromatic heterocycles. The van der Waals surface area contributed by atoms with Crippen molar-refractivity contribution in [3.05, 3.63) is 33.2 Å². The van der Waals surface area contributed by atoms with Gasteiger partial charge in [0.2, 0.25) is 5.13 Å². The van der Waals surface area contributed by atoms with Crippen LogP contribution in [0.25, 0.3) is 0 Å². The van der Waals surface area contributed by atoms with Crippen molar-refractivity contribution in [2.75, 3.05) is 4.72 Å². The minimum Gasteiger partial charge on any atom is -0.253 e. The van der Waals surface area contributed by atoms with Crippen LogP contribution in [0.1, 0.15) is 10.6 Å². The molecule has 0 saturated carbocycles. The van der Waals surface area contributed by atoms with Gasteiger partial charge in [0.25, 0.3) is 10.0 Å². The van der Waals surface area contributed by atoms with Gasteiger partial charge in [-0.3, -0.25) is 4.72 Å². The van der Waals surface area contributed by atoms with Gasteiger partial charge in [0.05, 0.1) is 4.90 Å². The molecule has 0 amide bonds. The first kappa shape index (κ1) is 13.4. The first-order chi connectivity index (χ1) is 8.38. The van der Waals surface area contributed by atoms with Gasteiger partial charge in [0.1, 0.15) is 5.01 Å². The quantitative estimate of drug-likeness (QED) is 0.926. The van der Waals surface area contributed by atoms with Crippen molar-refractivity contribution in [2.24, 2.45) is 0 Å². The number of nitrogens with zero attached hydrogens (tertiary/aromatic N) is 2. The molecule has 0 aliphatic carbocycles. The first-order valence-corrected chi connectivity index (χ1v) is 8.07. The lowest BCUT2D eigenvalue weighted by atomic mass is 10.2. The highest BCUT2D eigenvalue weighted by atomic mass is 79.9. The summed E-state index contributed by atoms with van der Waals surface area (Å²) in [5.74, 6) is 0. The summed E-state index contributed by atoms with van der Waals surface area (Å²) in [7, 11) is -3.60. The number of hydrogen-bond donors (Lipinski definition) is 1. The Morgan fingerprint density at radius 3 is 2.56 bits per heavy atom. The fourth-order valence-corrected chi connectivity index (χ4v) is 3.45. The van der Waals surface area contributed by atoms with Crippen LogP contribution in [0.15, 0.2) is 27.6 Å². The van der Waals surface area contributed by atoms with Crippen LogP contribution >= 0.6 is 27.3 Å². The zero-order valence-electron chi connectivity index (χ0n) is 9.64. The topological polar surface area (TPSA) is 72.0 Å². The van der Waals surface area contributed by atoms with E-state index in [0.29, 0.717) is 5.01 Å². The molecule has 5 nitrogen and oxygen atoms in total. The summed E-state index contributed by atoms with van der Waals surface area (Å²) >= 11 is 4.53. The van der Waals surface area contributed by atoms with Gasteiger partial charge >= 0.3 is 0 Å². The van der Waals surface area contributed by atoms with Crippen molar-refractivity contribution in [3.63, 3.8) is 0 Å². The summed E-state index contributed by atoms with van der Waals surface area (Å²) in [6.07, 6.45) is 0. The largest absolute Gasteiger partial charge is 0.263 e. The van der Waals surface area contributed by atoms with Crippen molar-refractivity contribution in [3.8, 4) is 0 Å². The monoisotopic (exact) mass is 347 g/mol. The molecular formula is C10H10BrN3O2S2. The van der Waals surface area contributed by atoms with E-state index >= 15 is 0 Å². The van der Waals surface area contributed by atoms with E-state index in [1.165, 1.54) is 17.4 Å². The molecule has 0 fully saturated rings. The van der Waals surface area contributed by atoms with Crippen molar-refractivity contribution < 1.29 is 8.42 Å². The lowest BCUT2D eigenvalue weighted by Gasteiger charge is -2.06. The number of anilines is 1. The van der Waals surface area contributed by atoms with Crippen LogP contribution in [0, 0.1) is 13.8 Å². The normalized spacial score (nSPS) is 11.5. The number of hydrogen-bond acceptors (Lipinski definition) is 5. The molecule has 2 rings (SSSR count). The second-order valence-electron chi connectivity index (χ2n) is 3.64. The molecule has 0 radical (unpaired) electrons. The molecule has 0 spiro atoms. The molecule has 0 atom stereocenters. The van der Waals surface area contributed by atoms with Crippen LogP contribution in [-0.4, -0.2) is 18.6 Å². The molecule has 0 aliphatic rings. The van der Waals surface area contributed by atoms with Gasteiger partial charge in [-0.1, -0.05) is 27.3 Å². The van der Waals surface area contributed by atoms with E-state index in [0.717, 1.165) is 10.0 Å². The summed E-state index contributed by atoms with van der Waals surface area (Å²) in [5, 5.41) is 8.48. The number of rotatable bonds is 3. The summed E-state index contributed by atoms with van der Waals surface area (Å²) in [5.41, 5.74) is 0.853. The van der Waals surface area contributed by atoms with Gasteiger partial charge < -0.3 is 0 Å². The summed E-state index contributed by atoms with van der Waals surface area (Å²) in [6.45, 7) is 3.59. The number of sulfonamides is 1. The number of benzene rings is 1. The summed E-state index contributed by atoms with van der Waals surface area (Å²) in [6, 6.07) is 4.84. The molecule has 0 aliphatic heterocycles. The van der Waals surface area contributed by atoms with Crippen LogP contribution < -0.4 is 4.72 Å². The fraction of sp³-hybridized carbons (Fsp3) is 0.200. The highest BCUT2D eigenvalue weighted by Gasteiger charge is 2.16. The smallest absolute Gasteiger partial charge is 0.253 e. The average Bonchev–Trinajstić information content (AvgIpc) is 2.67. The Kier molecular flexibility index (Phi) is 3.69. The van der Waals surface area contributed by atoms with Crippen LogP contribution in [0.5, 0.6) is 0 Å². The van der Waals surface area contributed by atoms with Crippen molar-refractivity contribution in [1.82, 2.24) is 10.2 Å². The van der Waals surface area contributed by atoms with E-state index in [9.17, 15) is 8.42 Å². The fourth-order valence-electron chi connectivity index (χ4n) is 1.30. The second-order valence-corrected chi connectivity index (χ2v) is 7.36. The molecule has 1 aromatic carbocycles. The minimum atomic E-state index is -3.60. The zero-order valence-corrected chi connectivity index (χ0v) is 12.9. The molecule has 0 bridgehead atoms. The number of nitrogens with one attached hydrogen (secondary N) is 1. The van der Waals surface area contributed by atoms with E-state index in [4.69, 9.17) is 0 Å². The third-order valence-electron chi connectivity index (χ3n) is 2.19. The molecule has 18 heavy (non-hydrogen) atoms. The highest BCUT2D eigenvalue weighted by molar-refractivity contribution is 9.10. The third kappa shape index (κ3) is 2.88. The van der Waals surface area contributed by atoms with Gasteiger partial charge in [-0.2, -0.15) is 0 Å². The number of aryl methyl sites for hydroxylation is 2. The lowest BCUT2D eigenvalue weighted by Crippen LogP contribution is -2.13. The van der Waals surface area contributed by atoms with E-state index in [-0.39, 0.29) is 10.0 Å². The SMILES string of the molecule is Cc1nnc(NS(=O)(=O)c2ccc(Br)c(C)c2)s1. The second kappa shape index (κ2) is 4.94. The molecule has 0 unspecified atom stereocenters. The molecule has 8 heteroatoms. The maximum Gasteiger partial charge on any atom is 0.263 e. The summed E-state index contributed by atoms with van der Waals surface area (Å²) < 4.78 is 27.4. The van der Waals surface area contributed by atoms with Gasteiger partial charge in [-0.15, -0.1) is 10.2 Å². The number of halogens is 1. The van der Waals surface area contributed by atoms with Gasteiger partial charge in [-0.25, -0.2) is 8.42 Å². The minimum absolute atomic E-state index is 0.205. The Balaban J connectivity index is 2.33. The van der Waals surface area contributed by atoms with E-state index in [2.05, 4.69) is 30.8 Å². The first-order valence-electron chi connectivity index (χ1n) is 4.97. The van der Waals surface area contributed by atoms with Crippen LogP contribution in [0.2, 0.25) is 0 Å². The maximum absolute atomic E-state index is 12.1. The predicted molar refractivity (Wildman–Crippen MR) is 74.3 cm³/mol. The van der Waals surface area contributed by atoms with Crippen LogP contribution in [0.4, 0.5) is 5.13 Å². The Bertz CT molecular complexity index is 682. The zero-order chi connectivity index (χ0) is 13.3. The molecule has 1 N–H and O–H groups in total. The molecule has 96 valence electrons. The maximum atomic E-state index is 12.1. The summed E-state index contributed by atoms with van der Waals surface area (Å²) in [4.78, 5) is 0.205. The van der Waals surface area contributed by atoms with Crippen LogP contribution in [-0.2, 0) is 10.0 Å². The Labute approximate surface area is 117 Å². The van der Waals surface area contributed by atoms with Crippen molar-refractivity contribution in [1.29, 1.82) is 0 Å². The lowest BCUT2D eigenvalue weighted by molar-refractivity contribution is 0.601. The van der Waals surface area contributed by atoms with Crippen molar-refractivity contribution in [2.45, 2.75) is 18.7 Å². The molecule has 0 saturated heterocycles. The van der Waals surface area contributed by atoms with Crippen LogP contribution in [0.3, 0.4) is 0 Å². The van der Waals surface area contributed by atoms with Gasteiger partial charge in [0, 0.05) is 4.47 Å². The Morgan fingerprint density at radius 2 is 2.00 bits per heavy atom. The van der Waals surface area contributed by atoms with Gasteiger partial charge in [0.15, 0.2) is 0 Å². The average molecular weight is 348 g/mol. The molecular weight excluding hydrogens is 338 g/mol. The number of aromatic nitrogens is 2. The molecule has 1 heterocycles. The standard InChI is InChI=1S/C10H10BrN3O2S2/c1-6-5-8(3-4-9(6)11)18(15,16)14-10-13-12-7(2)17-10/h3-5H,1-2H3,(H,13,14).